The van der Waals surface area contributed by atoms with Gasteiger partial charge in [-0.1, -0.05) is 54.6 Å². The van der Waals surface area contributed by atoms with Crippen LogP contribution in [0.3, 0.4) is 0 Å². The predicted molar refractivity (Wildman–Crippen MR) is 121 cm³/mol. The van der Waals surface area contributed by atoms with E-state index in [1.807, 2.05) is 43.3 Å². The van der Waals surface area contributed by atoms with Crippen LogP contribution in [0.25, 0.3) is 10.8 Å². The van der Waals surface area contributed by atoms with Gasteiger partial charge in [0.25, 0.3) is 0 Å². The van der Waals surface area contributed by atoms with Gasteiger partial charge in [0.15, 0.2) is 0 Å². The maximum absolute atomic E-state index is 12.8. The number of fused-ring (bicyclic) bond motifs is 2. The fourth-order valence-electron chi connectivity index (χ4n) is 4.17. The van der Waals surface area contributed by atoms with E-state index in [0.717, 1.165) is 35.4 Å². The molecule has 30 heavy (non-hydrogen) atoms. The molecule has 0 saturated heterocycles. The fraction of sp³-hybridized carbons (Fsp3) is 0.292. The summed E-state index contributed by atoms with van der Waals surface area (Å²) in [6, 6.07) is 19.2. The molecule has 0 aromatic heterocycles. The lowest BCUT2D eigenvalue weighted by molar-refractivity contribution is -0.120. The predicted octanol–water partition coefficient (Wildman–Crippen LogP) is 3.97. The second-order valence-electron chi connectivity index (χ2n) is 7.94. The first-order chi connectivity index (χ1) is 14.3. The van der Waals surface area contributed by atoms with Gasteiger partial charge in [0.2, 0.25) is 15.9 Å². The van der Waals surface area contributed by atoms with Gasteiger partial charge in [0, 0.05) is 5.39 Å². The van der Waals surface area contributed by atoms with Crippen molar-refractivity contribution in [1.29, 1.82) is 0 Å². The lowest BCUT2D eigenvalue weighted by atomic mass is 10.0. The van der Waals surface area contributed by atoms with Crippen LogP contribution >= 0.6 is 0 Å². The van der Waals surface area contributed by atoms with E-state index in [4.69, 9.17) is 0 Å². The summed E-state index contributed by atoms with van der Waals surface area (Å²) in [7, 11) is -3.64. The number of hydrogen-bond acceptors (Lipinski definition) is 3. The van der Waals surface area contributed by atoms with Gasteiger partial charge >= 0.3 is 0 Å². The Labute approximate surface area is 177 Å². The van der Waals surface area contributed by atoms with E-state index >= 15 is 0 Å². The molecule has 0 heterocycles. The molecular weight excluding hydrogens is 396 g/mol. The molecule has 0 unspecified atom stereocenters. The van der Waals surface area contributed by atoms with E-state index in [2.05, 4.69) is 17.4 Å². The zero-order valence-electron chi connectivity index (χ0n) is 17.3. The third kappa shape index (κ3) is 4.19. The molecule has 4 rings (SSSR count). The summed E-state index contributed by atoms with van der Waals surface area (Å²) < 4.78 is 26.3. The molecule has 0 bridgehead atoms. The molecule has 5 nitrogen and oxygen atoms in total. The zero-order valence-corrected chi connectivity index (χ0v) is 18.1. The molecule has 3 aromatic rings. The lowest BCUT2D eigenvalue weighted by Crippen LogP contribution is -2.41. The summed E-state index contributed by atoms with van der Waals surface area (Å²) in [6.45, 7) is 1.67. The minimum absolute atomic E-state index is 0.197. The first-order valence-corrected chi connectivity index (χ1v) is 12.0. The summed E-state index contributed by atoms with van der Waals surface area (Å²) in [5.74, 6) is -0.332. The Morgan fingerprint density at radius 1 is 1.03 bits per heavy atom. The van der Waals surface area contributed by atoms with Crippen molar-refractivity contribution in [2.75, 3.05) is 17.1 Å². The summed E-state index contributed by atoms with van der Waals surface area (Å²) in [4.78, 5) is 12.8. The molecule has 0 fully saturated rings. The van der Waals surface area contributed by atoms with Crippen molar-refractivity contribution < 1.29 is 13.2 Å². The second kappa shape index (κ2) is 8.11. The number of carbonyl (C=O) groups excluding carboxylic acids is 1. The van der Waals surface area contributed by atoms with E-state index in [9.17, 15) is 13.2 Å². The summed E-state index contributed by atoms with van der Waals surface area (Å²) >= 11 is 0. The Bertz CT molecular complexity index is 1200. The van der Waals surface area contributed by atoms with Crippen molar-refractivity contribution in [3.8, 4) is 0 Å². The average Bonchev–Trinajstić information content (AvgIpc) is 3.19. The van der Waals surface area contributed by atoms with Gasteiger partial charge < -0.3 is 5.32 Å². The Kier molecular flexibility index (Phi) is 5.52. The number of aryl methyl sites for hydroxylation is 2. The highest BCUT2D eigenvalue weighted by Gasteiger charge is 2.23. The van der Waals surface area contributed by atoms with Crippen molar-refractivity contribution in [1.82, 2.24) is 5.32 Å². The zero-order chi connectivity index (χ0) is 21.3. The van der Waals surface area contributed by atoms with E-state index in [1.165, 1.54) is 21.9 Å². The molecule has 1 N–H and O–H groups in total. The molecule has 1 atom stereocenters. The highest BCUT2D eigenvalue weighted by atomic mass is 32.2. The van der Waals surface area contributed by atoms with Gasteiger partial charge in [-0.25, -0.2) is 8.42 Å². The van der Waals surface area contributed by atoms with Crippen LogP contribution in [0, 0.1) is 0 Å². The van der Waals surface area contributed by atoms with Crippen LogP contribution in [0.4, 0.5) is 5.69 Å². The number of hydrogen-bond donors (Lipinski definition) is 1. The lowest BCUT2D eigenvalue weighted by Gasteiger charge is -2.24. The number of amides is 1. The largest absolute Gasteiger partial charge is 0.348 e. The van der Waals surface area contributed by atoms with Crippen LogP contribution in [0.1, 0.15) is 36.1 Å². The summed E-state index contributed by atoms with van der Waals surface area (Å²) in [6.07, 6.45) is 4.50. The minimum Gasteiger partial charge on any atom is -0.348 e. The number of anilines is 1. The van der Waals surface area contributed by atoms with Crippen molar-refractivity contribution in [2.24, 2.45) is 0 Å². The van der Waals surface area contributed by atoms with Crippen molar-refractivity contribution in [3.05, 3.63) is 77.4 Å². The number of nitrogens with zero attached hydrogens (tertiary/aromatic N) is 1. The van der Waals surface area contributed by atoms with Crippen molar-refractivity contribution >= 4 is 32.4 Å². The molecule has 6 heteroatoms. The standard InChI is InChI=1S/C24H26N2O3S/c1-17(20-14-13-18-8-5-10-21(18)15-20)25-24(27)16-26(30(2,28)29)23-12-6-9-19-7-3-4-11-22(19)23/h3-4,6-7,9,11-15,17H,5,8,10,16H2,1-2H3,(H,25,27)/t17-/m1/s1. The van der Waals surface area contributed by atoms with Gasteiger partial charge in [0.1, 0.15) is 6.54 Å². The molecule has 0 saturated carbocycles. The minimum atomic E-state index is -3.64. The van der Waals surface area contributed by atoms with Crippen LogP contribution in [0.5, 0.6) is 0 Å². The highest BCUT2D eigenvalue weighted by molar-refractivity contribution is 7.92. The van der Waals surface area contributed by atoms with Crippen LogP contribution in [0.2, 0.25) is 0 Å². The molecular formula is C24H26N2O3S. The van der Waals surface area contributed by atoms with Crippen molar-refractivity contribution in [2.45, 2.75) is 32.2 Å². The van der Waals surface area contributed by atoms with Gasteiger partial charge in [-0.2, -0.15) is 0 Å². The molecule has 1 aliphatic carbocycles. The van der Waals surface area contributed by atoms with Crippen LogP contribution in [-0.4, -0.2) is 27.1 Å². The molecule has 156 valence electrons. The number of nitrogens with one attached hydrogen (secondary N) is 1. The molecule has 0 aliphatic heterocycles. The smallest absolute Gasteiger partial charge is 0.241 e. The normalized spacial score (nSPS) is 14.3. The van der Waals surface area contributed by atoms with E-state index < -0.39 is 10.0 Å². The second-order valence-corrected chi connectivity index (χ2v) is 9.85. The van der Waals surface area contributed by atoms with Crippen LogP contribution in [0.15, 0.2) is 60.7 Å². The van der Waals surface area contributed by atoms with E-state index in [1.54, 1.807) is 12.1 Å². The summed E-state index contributed by atoms with van der Waals surface area (Å²) in [5.41, 5.74) is 4.29. The summed E-state index contributed by atoms with van der Waals surface area (Å²) in [5, 5.41) is 4.69. The Balaban J connectivity index is 1.56. The van der Waals surface area contributed by atoms with Gasteiger partial charge in [0.05, 0.1) is 18.0 Å². The average molecular weight is 423 g/mol. The molecule has 1 aliphatic rings. The number of benzene rings is 3. The molecule has 0 radical (unpaired) electrons. The maximum Gasteiger partial charge on any atom is 0.241 e. The Morgan fingerprint density at radius 2 is 1.77 bits per heavy atom. The molecule has 0 spiro atoms. The Hall–Kier alpha value is -2.86. The third-order valence-corrected chi connectivity index (χ3v) is 6.85. The highest BCUT2D eigenvalue weighted by Crippen LogP contribution is 2.29. The topological polar surface area (TPSA) is 66.5 Å². The molecule has 1 amide bonds. The molecule has 3 aromatic carbocycles. The number of sulfonamides is 1. The van der Waals surface area contributed by atoms with Gasteiger partial charge in [-0.15, -0.1) is 0 Å². The first-order valence-electron chi connectivity index (χ1n) is 10.2. The van der Waals surface area contributed by atoms with Crippen LogP contribution < -0.4 is 9.62 Å². The third-order valence-electron chi connectivity index (χ3n) is 5.72. The quantitative estimate of drug-likeness (QED) is 0.654. The maximum atomic E-state index is 12.8. The monoisotopic (exact) mass is 422 g/mol. The van der Waals surface area contributed by atoms with Gasteiger partial charge in [-0.05, 0) is 54.3 Å². The van der Waals surface area contributed by atoms with Crippen LogP contribution in [-0.2, 0) is 27.7 Å². The Morgan fingerprint density at radius 3 is 2.57 bits per heavy atom. The van der Waals surface area contributed by atoms with E-state index in [-0.39, 0.29) is 18.5 Å². The number of rotatable bonds is 6. The number of carbonyl (C=O) groups is 1. The van der Waals surface area contributed by atoms with Gasteiger partial charge in [-0.3, -0.25) is 9.10 Å². The SMILES string of the molecule is C[C@@H](NC(=O)CN(c1cccc2ccccc12)S(C)(=O)=O)c1ccc2c(c1)CCC2. The van der Waals surface area contributed by atoms with E-state index in [0.29, 0.717) is 5.69 Å². The fourth-order valence-corrected chi connectivity index (χ4v) is 5.04. The first kappa shape index (κ1) is 20.4. The van der Waals surface area contributed by atoms with Crippen molar-refractivity contribution in [3.63, 3.8) is 0 Å².